The molecule has 152 valence electrons. The summed E-state index contributed by atoms with van der Waals surface area (Å²) in [6.45, 7) is 2.96. The molecule has 0 bridgehead atoms. The summed E-state index contributed by atoms with van der Waals surface area (Å²) in [5.41, 5.74) is 2.91. The van der Waals surface area contributed by atoms with Gasteiger partial charge < -0.3 is 9.72 Å². The number of fused-ring (bicyclic) bond motifs is 2. The standard InChI is InChI=1S/C23H20N2O5/c1-3-14-7-6-10-15-18(11-24-20(14)15)19(26)12-30-23(29)13(2)25-21(27)16-8-4-5-9-17(16)22(25)28/h4-11,13,24H,3,12H2,1-2H3/t13-/m1/s1. The molecule has 0 saturated carbocycles. The van der Waals surface area contributed by atoms with Gasteiger partial charge in [-0.05, 0) is 31.0 Å². The first-order chi connectivity index (χ1) is 14.4. The molecule has 3 aromatic rings. The second-order valence-electron chi connectivity index (χ2n) is 7.13. The van der Waals surface area contributed by atoms with E-state index >= 15 is 0 Å². The summed E-state index contributed by atoms with van der Waals surface area (Å²) in [5.74, 6) is -2.27. The maximum Gasteiger partial charge on any atom is 0.329 e. The van der Waals surface area contributed by atoms with Crippen LogP contribution in [0.1, 0.15) is 50.5 Å². The Balaban J connectivity index is 1.46. The Bertz CT molecular complexity index is 1160. The fraction of sp³-hybridized carbons (Fsp3) is 0.217. The number of para-hydroxylation sites is 1. The number of hydrogen-bond donors (Lipinski definition) is 1. The Kier molecular flexibility index (Phi) is 4.95. The van der Waals surface area contributed by atoms with Crippen molar-refractivity contribution < 1.29 is 23.9 Å². The lowest BCUT2D eigenvalue weighted by Gasteiger charge is -2.20. The number of nitrogens with zero attached hydrogens (tertiary/aromatic N) is 1. The molecule has 0 saturated heterocycles. The van der Waals surface area contributed by atoms with E-state index in [4.69, 9.17) is 4.74 Å². The molecular weight excluding hydrogens is 384 g/mol. The van der Waals surface area contributed by atoms with Crippen molar-refractivity contribution in [2.24, 2.45) is 0 Å². The average molecular weight is 404 g/mol. The number of amides is 2. The van der Waals surface area contributed by atoms with Gasteiger partial charge in [0.25, 0.3) is 11.8 Å². The number of aromatic amines is 1. The number of ketones is 1. The molecule has 2 amide bonds. The van der Waals surface area contributed by atoms with E-state index in [-0.39, 0.29) is 16.9 Å². The van der Waals surface area contributed by atoms with Gasteiger partial charge in [0, 0.05) is 22.7 Å². The number of Topliss-reactive ketones (excluding diaryl/α,β-unsaturated/α-hetero) is 1. The quantitative estimate of drug-likeness (QED) is 0.387. The van der Waals surface area contributed by atoms with Gasteiger partial charge in [-0.15, -0.1) is 0 Å². The van der Waals surface area contributed by atoms with E-state index in [1.165, 1.54) is 6.92 Å². The molecule has 1 aliphatic rings. The van der Waals surface area contributed by atoms with Crippen LogP contribution in [0, 0.1) is 0 Å². The van der Waals surface area contributed by atoms with E-state index in [9.17, 15) is 19.2 Å². The summed E-state index contributed by atoms with van der Waals surface area (Å²) in [4.78, 5) is 54.1. The van der Waals surface area contributed by atoms with Crippen molar-refractivity contribution in [1.82, 2.24) is 9.88 Å². The highest BCUT2D eigenvalue weighted by atomic mass is 16.5. The van der Waals surface area contributed by atoms with Crippen molar-refractivity contribution >= 4 is 34.5 Å². The first-order valence-electron chi connectivity index (χ1n) is 9.69. The fourth-order valence-electron chi connectivity index (χ4n) is 3.74. The number of nitrogens with one attached hydrogen (secondary N) is 1. The van der Waals surface area contributed by atoms with Gasteiger partial charge in [0.05, 0.1) is 11.1 Å². The van der Waals surface area contributed by atoms with E-state index in [0.717, 1.165) is 27.8 Å². The van der Waals surface area contributed by atoms with E-state index in [1.54, 1.807) is 30.5 Å². The fourth-order valence-corrected chi connectivity index (χ4v) is 3.74. The Hall–Kier alpha value is -3.74. The van der Waals surface area contributed by atoms with E-state index in [0.29, 0.717) is 5.56 Å². The summed E-state index contributed by atoms with van der Waals surface area (Å²) in [6.07, 6.45) is 2.42. The van der Waals surface area contributed by atoms with Crippen molar-refractivity contribution in [3.8, 4) is 0 Å². The number of imide groups is 1. The zero-order chi connectivity index (χ0) is 21.4. The van der Waals surface area contributed by atoms with Crippen molar-refractivity contribution in [3.63, 3.8) is 0 Å². The zero-order valence-electron chi connectivity index (χ0n) is 16.6. The molecule has 2 aromatic carbocycles. The Morgan fingerprint density at radius 2 is 1.70 bits per heavy atom. The highest BCUT2D eigenvalue weighted by Gasteiger charge is 2.41. The normalized spacial score (nSPS) is 14.1. The van der Waals surface area contributed by atoms with Gasteiger partial charge in [0.15, 0.2) is 6.61 Å². The van der Waals surface area contributed by atoms with E-state index in [2.05, 4.69) is 4.98 Å². The molecule has 1 aliphatic heterocycles. The number of H-pyrrole nitrogens is 1. The molecule has 2 heterocycles. The molecule has 0 aliphatic carbocycles. The SMILES string of the molecule is CCc1cccc2c(C(=O)COC(=O)[C@@H](C)N3C(=O)c4ccccc4C3=O)c[nH]c12. The molecule has 7 heteroatoms. The Labute approximate surface area is 172 Å². The maximum absolute atomic E-state index is 12.6. The smallest absolute Gasteiger partial charge is 0.329 e. The number of rotatable bonds is 6. The number of ether oxygens (including phenoxy) is 1. The van der Waals surface area contributed by atoms with E-state index in [1.807, 2.05) is 25.1 Å². The number of benzene rings is 2. The number of carbonyl (C=O) groups is 4. The molecule has 4 rings (SSSR count). The second-order valence-corrected chi connectivity index (χ2v) is 7.13. The highest BCUT2D eigenvalue weighted by Crippen LogP contribution is 2.25. The van der Waals surface area contributed by atoms with Crippen LogP contribution in [-0.4, -0.2) is 46.1 Å². The van der Waals surface area contributed by atoms with Crippen LogP contribution in [-0.2, 0) is 16.0 Å². The monoisotopic (exact) mass is 404 g/mol. The van der Waals surface area contributed by atoms with Crippen LogP contribution >= 0.6 is 0 Å². The van der Waals surface area contributed by atoms with E-state index < -0.39 is 30.4 Å². The summed E-state index contributed by atoms with van der Waals surface area (Å²) in [6, 6.07) is 10.9. The number of carbonyl (C=O) groups excluding carboxylic acids is 4. The van der Waals surface area contributed by atoms with Crippen LogP contribution in [0.5, 0.6) is 0 Å². The Morgan fingerprint density at radius 1 is 1.03 bits per heavy atom. The first-order valence-corrected chi connectivity index (χ1v) is 9.69. The summed E-state index contributed by atoms with van der Waals surface area (Å²) < 4.78 is 5.15. The minimum atomic E-state index is -1.14. The molecule has 0 fully saturated rings. The molecule has 0 spiro atoms. The third-order valence-corrected chi connectivity index (χ3v) is 5.38. The van der Waals surface area contributed by atoms with Crippen LogP contribution in [0.15, 0.2) is 48.7 Å². The first kappa shape index (κ1) is 19.6. The lowest BCUT2D eigenvalue weighted by atomic mass is 10.1. The third-order valence-electron chi connectivity index (χ3n) is 5.38. The van der Waals surface area contributed by atoms with Crippen LogP contribution in [0.25, 0.3) is 10.9 Å². The molecular formula is C23H20N2O5. The molecule has 1 atom stereocenters. The van der Waals surface area contributed by atoms with Crippen molar-refractivity contribution in [2.45, 2.75) is 26.3 Å². The van der Waals surface area contributed by atoms with Gasteiger partial charge in [-0.1, -0.05) is 37.3 Å². The van der Waals surface area contributed by atoms with Gasteiger partial charge in [0.2, 0.25) is 5.78 Å². The highest BCUT2D eigenvalue weighted by molar-refractivity contribution is 6.22. The minimum Gasteiger partial charge on any atom is -0.456 e. The predicted octanol–water partition coefficient (Wildman–Crippen LogP) is 3.14. The van der Waals surface area contributed by atoms with Crippen LogP contribution < -0.4 is 0 Å². The summed E-state index contributed by atoms with van der Waals surface area (Å²) >= 11 is 0. The Morgan fingerprint density at radius 3 is 2.33 bits per heavy atom. The van der Waals surface area contributed by atoms with Gasteiger partial charge in [-0.2, -0.15) is 0 Å². The van der Waals surface area contributed by atoms with Crippen molar-refractivity contribution in [2.75, 3.05) is 6.61 Å². The molecule has 1 N–H and O–H groups in total. The molecule has 0 radical (unpaired) electrons. The molecule has 1 aromatic heterocycles. The zero-order valence-corrected chi connectivity index (χ0v) is 16.6. The summed E-state index contributed by atoms with van der Waals surface area (Å²) in [5, 5.41) is 0.767. The van der Waals surface area contributed by atoms with Crippen LogP contribution in [0.3, 0.4) is 0 Å². The average Bonchev–Trinajstić information content (AvgIpc) is 3.31. The van der Waals surface area contributed by atoms with Gasteiger partial charge in [-0.25, -0.2) is 4.79 Å². The molecule has 30 heavy (non-hydrogen) atoms. The van der Waals surface area contributed by atoms with Crippen molar-refractivity contribution in [3.05, 3.63) is 70.9 Å². The second kappa shape index (κ2) is 7.59. The van der Waals surface area contributed by atoms with Crippen molar-refractivity contribution in [1.29, 1.82) is 0 Å². The van der Waals surface area contributed by atoms with Gasteiger partial charge in [0.1, 0.15) is 6.04 Å². The topological polar surface area (TPSA) is 96.5 Å². The number of hydrogen-bond acceptors (Lipinski definition) is 5. The lowest BCUT2D eigenvalue weighted by Crippen LogP contribution is -2.44. The number of aryl methyl sites for hydroxylation is 1. The lowest BCUT2D eigenvalue weighted by molar-refractivity contribution is -0.146. The maximum atomic E-state index is 12.6. The minimum absolute atomic E-state index is 0.253. The summed E-state index contributed by atoms with van der Waals surface area (Å²) in [7, 11) is 0. The van der Waals surface area contributed by atoms with Gasteiger partial charge in [-0.3, -0.25) is 19.3 Å². The van der Waals surface area contributed by atoms with Crippen LogP contribution in [0.2, 0.25) is 0 Å². The number of esters is 1. The molecule has 7 nitrogen and oxygen atoms in total. The largest absolute Gasteiger partial charge is 0.456 e. The number of aromatic nitrogens is 1. The molecule has 0 unspecified atom stereocenters. The van der Waals surface area contributed by atoms with Crippen LogP contribution in [0.4, 0.5) is 0 Å². The van der Waals surface area contributed by atoms with Gasteiger partial charge >= 0.3 is 5.97 Å². The third kappa shape index (κ3) is 3.08. The predicted molar refractivity (Wildman–Crippen MR) is 109 cm³/mol.